The fourth-order valence-electron chi connectivity index (χ4n) is 1.60. The Bertz CT molecular complexity index is 281. The third-order valence-electron chi connectivity index (χ3n) is 2.68. The lowest BCUT2D eigenvalue weighted by Gasteiger charge is -2.26. The van der Waals surface area contributed by atoms with Gasteiger partial charge in [0.2, 0.25) is 5.89 Å². The van der Waals surface area contributed by atoms with E-state index >= 15 is 0 Å². The van der Waals surface area contributed by atoms with Crippen LogP contribution in [0.5, 0.6) is 0 Å². The summed E-state index contributed by atoms with van der Waals surface area (Å²) in [6.45, 7) is 2.91. The number of nitrogens with one attached hydrogen (secondary N) is 1. The van der Waals surface area contributed by atoms with E-state index in [9.17, 15) is 0 Å². The van der Waals surface area contributed by atoms with Crippen molar-refractivity contribution in [3.8, 4) is 0 Å². The molecule has 0 atom stereocenters. The molecule has 0 bridgehead atoms. The summed E-state index contributed by atoms with van der Waals surface area (Å²) in [6.07, 6.45) is 6.05. The molecule has 1 saturated carbocycles. The number of aryl methyl sites for hydroxylation is 2. The Hall–Kier alpha value is -0.900. The molecule has 1 aromatic heterocycles. The molecule has 1 heterocycles. The Balaban J connectivity index is 1.58. The number of hydrogen-bond donors (Lipinski definition) is 1. The number of hydrogen-bond acceptors (Lipinski definition) is 4. The minimum absolute atomic E-state index is 0.729. The number of nitrogens with zero attached hydrogens (tertiary/aromatic N) is 2. The molecular formula is C10H17N3O. The summed E-state index contributed by atoms with van der Waals surface area (Å²) in [4.78, 5) is 4.16. The van der Waals surface area contributed by atoms with Gasteiger partial charge in [0, 0.05) is 12.5 Å². The van der Waals surface area contributed by atoms with E-state index < -0.39 is 0 Å². The maximum atomic E-state index is 5.02. The average Bonchev–Trinajstić information content (AvgIpc) is 2.48. The van der Waals surface area contributed by atoms with E-state index in [1.54, 1.807) is 0 Å². The van der Waals surface area contributed by atoms with Gasteiger partial charge < -0.3 is 9.84 Å². The van der Waals surface area contributed by atoms with Gasteiger partial charge in [0.1, 0.15) is 0 Å². The molecule has 14 heavy (non-hydrogen) atoms. The zero-order valence-electron chi connectivity index (χ0n) is 8.62. The highest BCUT2D eigenvalue weighted by Crippen LogP contribution is 2.17. The van der Waals surface area contributed by atoms with E-state index in [0.29, 0.717) is 0 Å². The smallest absolute Gasteiger partial charge is 0.226 e. The monoisotopic (exact) mass is 195 g/mol. The normalized spacial score (nSPS) is 16.9. The van der Waals surface area contributed by atoms with Gasteiger partial charge in [-0.2, -0.15) is 4.98 Å². The highest BCUT2D eigenvalue weighted by molar-refractivity contribution is 4.83. The largest absolute Gasteiger partial charge is 0.339 e. The van der Waals surface area contributed by atoms with Crippen LogP contribution in [0.1, 0.15) is 37.4 Å². The van der Waals surface area contributed by atoms with Crippen molar-refractivity contribution in [1.29, 1.82) is 0 Å². The molecule has 1 aromatic rings. The minimum Gasteiger partial charge on any atom is -0.339 e. The van der Waals surface area contributed by atoms with Crippen molar-refractivity contribution in [3.05, 3.63) is 11.7 Å². The molecule has 0 spiro atoms. The van der Waals surface area contributed by atoms with E-state index in [1.165, 1.54) is 19.3 Å². The van der Waals surface area contributed by atoms with Crippen molar-refractivity contribution in [2.24, 2.45) is 0 Å². The molecule has 1 N–H and O–H groups in total. The maximum absolute atomic E-state index is 5.02. The van der Waals surface area contributed by atoms with Crippen molar-refractivity contribution >= 4 is 0 Å². The minimum atomic E-state index is 0.729. The second kappa shape index (κ2) is 4.55. The second-order valence-corrected chi connectivity index (χ2v) is 3.92. The van der Waals surface area contributed by atoms with Crippen molar-refractivity contribution in [2.75, 3.05) is 6.54 Å². The third kappa shape index (κ3) is 2.54. The van der Waals surface area contributed by atoms with Crippen LogP contribution in [-0.2, 0) is 6.42 Å². The Labute approximate surface area is 84.1 Å². The van der Waals surface area contributed by atoms with E-state index in [-0.39, 0.29) is 0 Å². The predicted molar refractivity (Wildman–Crippen MR) is 53.0 cm³/mol. The molecule has 2 rings (SSSR count). The van der Waals surface area contributed by atoms with E-state index in [4.69, 9.17) is 4.52 Å². The molecule has 0 unspecified atom stereocenters. The highest BCUT2D eigenvalue weighted by atomic mass is 16.5. The van der Waals surface area contributed by atoms with Crippen LogP contribution in [0.3, 0.4) is 0 Å². The Morgan fingerprint density at radius 1 is 1.50 bits per heavy atom. The first-order valence-electron chi connectivity index (χ1n) is 5.37. The van der Waals surface area contributed by atoms with Crippen LogP contribution in [0.2, 0.25) is 0 Å². The van der Waals surface area contributed by atoms with Gasteiger partial charge >= 0.3 is 0 Å². The van der Waals surface area contributed by atoms with Gasteiger partial charge in [-0.15, -0.1) is 0 Å². The van der Waals surface area contributed by atoms with Gasteiger partial charge in [-0.05, 0) is 32.7 Å². The van der Waals surface area contributed by atoms with Gasteiger partial charge in [0.25, 0.3) is 0 Å². The molecule has 4 nitrogen and oxygen atoms in total. The summed E-state index contributed by atoms with van der Waals surface area (Å²) in [5.41, 5.74) is 0. The third-order valence-corrected chi connectivity index (χ3v) is 2.68. The molecule has 0 radical (unpaired) electrons. The predicted octanol–water partition coefficient (Wildman–Crippen LogP) is 1.45. The van der Waals surface area contributed by atoms with Gasteiger partial charge in [0.15, 0.2) is 5.82 Å². The van der Waals surface area contributed by atoms with Gasteiger partial charge in [-0.1, -0.05) is 11.6 Å². The topological polar surface area (TPSA) is 51.0 Å². The van der Waals surface area contributed by atoms with Crippen LogP contribution >= 0.6 is 0 Å². The fraction of sp³-hybridized carbons (Fsp3) is 0.800. The number of aromatic nitrogens is 2. The standard InChI is InChI=1S/C10H17N3O/c1-8-12-10(14-13-8)6-3-7-11-9-4-2-5-9/h9,11H,2-7H2,1H3. The van der Waals surface area contributed by atoms with Crippen LogP contribution < -0.4 is 5.32 Å². The lowest BCUT2D eigenvalue weighted by atomic mass is 9.93. The lowest BCUT2D eigenvalue weighted by Crippen LogP contribution is -2.35. The Morgan fingerprint density at radius 3 is 2.93 bits per heavy atom. The van der Waals surface area contributed by atoms with E-state index in [0.717, 1.165) is 37.1 Å². The van der Waals surface area contributed by atoms with Crippen molar-refractivity contribution in [2.45, 2.75) is 45.1 Å². The molecule has 4 heteroatoms. The van der Waals surface area contributed by atoms with E-state index in [2.05, 4.69) is 15.5 Å². The first kappa shape index (κ1) is 9.65. The Morgan fingerprint density at radius 2 is 2.36 bits per heavy atom. The fourth-order valence-corrected chi connectivity index (χ4v) is 1.60. The zero-order valence-corrected chi connectivity index (χ0v) is 8.62. The summed E-state index contributed by atoms with van der Waals surface area (Å²) >= 11 is 0. The molecular weight excluding hydrogens is 178 g/mol. The summed E-state index contributed by atoms with van der Waals surface area (Å²) in [5.74, 6) is 1.49. The van der Waals surface area contributed by atoms with Crippen LogP contribution in [-0.4, -0.2) is 22.7 Å². The van der Waals surface area contributed by atoms with Gasteiger partial charge in [0.05, 0.1) is 0 Å². The van der Waals surface area contributed by atoms with Crippen molar-refractivity contribution in [3.63, 3.8) is 0 Å². The quantitative estimate of drug-likeness (QED) is 0.722. The zero-order chi connectivity index (χ0) is 9.80. The van der Waals surface area contributed by atoms with Gasteiger partial charge in [-0.3, -0.25) is 0 Å². The van der Waals surface area contributed by atoms with Crippen LogP contribution in [0.15, 0.2) is 4.52 Å². The number of rotatable bonds is 5. The lowest BCUT2D eigenvalue weighted by molar-refractivity contribution is 0.332. The first-order valence-corrected chi connectivity index (χ1v) is 5.37. The van der Waals surface area contributed by atoms with Crippen molar-refractivity contribution in [1.82, 2.24) is 15.5 Å². The van der Waals surface area contributed by atoms with Crippen LogP contribution in [0.4, 0.5) is 0 Å². The molecule has 1 aliphatic carbocycles. The molecule has 0 aliphatic heterocycles. The molecule has 1 aliphatic rings. The molecule has 1 fully saturated rings. The average molecular weight is 195 g/mol. The SMILES string of the molecule is Cc1noc(CCCNC2CCC2)n1. The molecule has 78 valence electrons. The van der Waals surface area contributed by atoms with Crippen molar-refractivity contribution < 1.29 is 4.52 Å². The second-order valence-electron chi connectivity index (χ2n) is 3.92. The van der Waals surface area contributed by atoms with E-state index in [1.807, 2.05) is 6.92 Å². The van der Waals surface area contributed by atoms with Crippen LogP contribution in [0, 0.1) is 6.92 Å². The Kier molecular flexibility index (Phi) is 3.14. The highest BCUT2D eigenvalue weighted by Gasteiger charge is 2.15. The van der Waals surface area contributed by atoms with Crippen LogP contribution in [0.25, 0.3) is 0 Å². The molecule has 0 saturated heterocycles. The first-order chi connectivity index (χ1) is 6.84. The van der Waals surface area contributed by atoms with Gasteiger partial charge in [-0.25, -0.2) is 0 Å². The summed E-state index contributed by atoms with van der Waals surface area (Å²) < 4.78 is 5.02. The molecule has 0 amide bonds. The summed E-state index contributed by atoms with van der Waals surface area (Å²) in [6, 6.07) is 0.777. The molecule has 0 aromatic carbocycles. The summed E-state index contributed by atoms with van der Waals surface area (Å²) in [7, 11) is 0. The maximum Gasteiger partial charge on any atom is 0.226 e. The summed E-state index contributed by atoms with van der Waals surface area (Å²) in [5, 5.41) is 7.26.